The minimum absolute atomic E-state index is 0.0979. The fourth-order valence-corrected chi connectivity index (χ4v) is 1.74. The summed E-state index contributed by atoms with van der Waals surface area (Å²) in [5, 5.41) is 17.2. The lowest BCUT2D eigenvalue weighted by Crippen LogP contribution is -2.05. The van der Waals surface area contributed by atoms with Gasteiger partial charge in [0, 0.05) is 19.6 Å². The molecule has 0 amide bonds. The van der Waals surface area contributed by atoms with Gasteiger partial charge in [0.25, 0.3) is 0 Å². The van der Waals surface area contributed by atoms with Crippen molar-refractivity contribution in [2.24, 2.45) is 0 Å². The maximum Gasteiger partial charge on any atom is 0.305 e. The van der Waals surface area contributed by atoms with Crippen LogP contribution in [-0.4, -0.2) is 36.0 Å². The van der Waals surface area contributed by atoms with E-state index in [-0.39, 0.29) is 19.2 Å². The molecule has 0 spiro atoms. The van der Waals surface area contributed by atoms with E-state index in [1.165, 1.54) is 0 Å². The number of ether oxygens (including phenoxy) is 1. The van der Waals surface area contributed by atoms with Gasteiger partial charge in [-0.15, -0.1) is 0 Å². The number of carbonyl (C=O) groups is 1. The van der Waals surface area contributed by atoms with Crippen LogP contribution in [0.3, 0.4) is 0 Å². The zero-order valence-electron chi connectivity index (χ0n) is 11.4. The van der Waals surface area contributed by atoms with Crippen LogP contribution in [0.1, 0.15) is 64.2 Å². The minimum Gasteiger partial charge on any atom is -0.466 e. The molecule has 0 aliphatic rings. The van der Waals surface area contributed by atoms with Gasteiger partial charge in [0.2, 0.25) is 0 Å². The van der Waals surface area contributed by atoms with Gasteiger partial charge < -0.3 is 14.9 Å². The van der Waals surface area contributed by atoms with E-state index in [4.69, 9.17) is 14.9 Å². The normalized spacial score (nSPS) is 10.6. The first-order valence-corrected chi connectivity index (χ1v) is 7.18. The minimum atomic E-state index is -0.0979. The second-order valence-corrected chi connectivity index (χ2v) is 4.60. The van der Waals surface area contributed by atoms with E-state index < -0.39 is 0 Å². The van der Waals surface area contributed by atoms with E-state index >= 15 is 0 Å². The molecule has 0 heterocycles. The highest BCUT2D eigenvalue weighted by Crippen LogP contribution is 2.06. The molecule has 4 heteroatoms. The maximum absolute atomic E-state index is 11.3. The van der Waals surface area contributed by atoms with Gasteiger partial charge in [-0.1, -0.05) is 25.7 Å². The molecule has 2 N–H and O–H groups in total. The van der Waals surface area contributed by atoms with Gasteiger partial charge in [0.1, 0.15) is 0 Å². The molecule has 0 unspecified atom stereocenters. The Balaban J connectivity index is 3.12. The number of aliphatic hydroxyl groups excluding tert-OH is 2. The maximum atomic E-state index is 11.3. The van der Waals surface area contributed by atoms with Crippen molar-refractivity contribution in [2.45, 2.75) is 64.2 Å². The van der Waals surface area contributed by atoms with Crippen LogP contribution in [0.4, 0.5) is 0 Å². The van der Waals surface area contributed by atoms with Gasteiger partial charge in [-0.2, -0.15) is 0 Å². The van der Waals surface area contributed by atoms with Crippen LogP contribution in [0.25, 0.3) is 0 Å². The predicted molar refractivity (Wildman–Crippen MR) is 71.3 cm³/mol. The number of hydrogen-bond acceptors (Lipinski definition) is 4. The number of esters is 1. The lowest BCUT2D eigenvalue weighted by atomic mass is 10.1. The Bertz CT molecular complexity index is 165. The summed E-state index contributed by atoms with van der Waals surface area (Å²) in [5.41, 5.74) is 0. The highest BCUT2D eigenvalue weighted by Gasteiger charge is 2.02. The van der Waals surface area contributed by atoms with Crippen molar-refractivity contribution in [2.75, 3.05) is 19.8 Å². The molecule has 0 aliphatic carbocycles. The molecule has 0 aliphatic heterocycles. The summed E-state index contributed by atoms with van der Waals surface area (Å²) in [6.07, 6.45) is 9.14. The van der Waals surface area contributed by atoms with Gasteiger partial charge in [0.05, 0.1) is 6.61 Å². The zero-order chi connectivity index (χ0) is 13.5. The van der Waals surface area contributed by atoms with Crippen LogP contribution in [0.2, 0.25) is 0 Å². The van der Waals surface area contributed by atoms with Gasteiger partial charge in [0.15, 0.2) is 0 Å². The first-order valence-electron chi connectivity index (χ1n) is 7.18. The Morgan fingerprint density at radius 2 is 1.22 bits per heavy atom. The SMILES string of the molecule is O=C(CCCCCCCO)OCCCCCCO. The summed E-state index contributed by atoms with van der Waals surface area (Å²) in [6.45, 7) is 1.02. The Labute approximate surface area is 110 Å². The third kappa shape index (κ3) is 13.5. The van der Waals surface area contributed by atoms with Gasteiger partial charge >= 0.3 is 5.97 Å². The van der Waals surface area contributed by atoms with Crippen molar-refractivity contribution in [1.29, 1.82) is 0 Å². The van der Waals surface area contributed by atoms with Crippen LogP contribution >= 0.6 is 0 Å². The highest BCUT2D eigenvalue weighted by atomic mass is 16.5. The zero-order valence-corrected chi connectivity index (χ0v) is 11.4. The summed E-state index contributed by atoms with van der Waals surface area (Å²) < 4.78 is 5.11. The van der Waals surface area contributed by atoms with Crippen molar-refractivity contribution < 1.29 is 19.7 Å². The summed E-state index contributed by atoms with van der Waals surface area (Å²) in [5.74, 6) is -0.0979. The summed E-state index contributed by atoms with van der Waals surface area (Å²) in [6, 6.07) is 0. The Morgan fingerprint density at radius 3 is 1.83 bits per heavy atom. The molecule has 0 aromatic heterocycles. The second-order valence-electron chi connectivity index (χ2n) is 4.60. The van der Waals surface area contributed by atoms with E-state index in [1.54, 1.807) is 0 Å². The average molecular weight is 260 g/mol. The highest BCUT2D eigenvalue weighted by molar-refractivity contribution is 5.69. The molecule has 0 rings (SSSR count). The van der Waals surface area contributed by atoms with Gasteiger partial charge in [-0.05, 0) is 32.1 Å². The van der Waals surface area contributed by atoms with Crippen molar-refractivity contribution in [3.8, 4) is 0 Å². The summed E-state index contributed by atoms with van der Waals surface area (Å²) >= 11 is 0. The van der Waals surface area contributed by atoms with Crippen molar-refractivity contribution >= 4 is 5.97 Å². The molecule has 0 saturated carbocycles. The number of rotatable bonds is 13. The van der Waals surface area contributed by atoms with Crippen LogP contribution in [0.5, 0.6) is 0 Å². The molecule has 0 radical (unpaired) electrons. The molecule has 4 nitrogen and oxygen atoms in total. The summed E-state index contributed by atoms with van der Waals surface area (Å²) in [7, 11) is 0. The van der Waals surface area contributed by atoms with Crippen molar-refractivity contribution in [1.82, 2.24) is 0 Å². The first kappa shape index (κ1) is 17.4. The second kappa shape index (κ2) is 14.5. The number of unbranched alkanes of at least 4 members (excludes halogenated alkanes) is 7. The van der Waals surface area contributed by atoms with E-state index in [1.807, 2.05) is 0 Å². The quantitative estimate of drug-likeness (QED) is 0.394. The molecule has 0 aromatic rings. The molecule has 0 bridgehead atoms. The molecular weight excluding hydrogens is 232 g/mol. The third-order valence-corrected chi connectivity index (χ3v) is 2.85. The first-order chi connectivity index (χ1) is 8.81. The monoisotopic (exact) mass is 260 g/mol. The molecule has 0 atom stereocenters. The van der Waals surface area contributed by atoms with Gasteiger partial charge in [-0.3, -0.25) is 4.79 Å². The van der Waals surface area contributed by atoms with Crippen LogP contribution in [0.15, 0.2) is 0 Å². The molecule has 0 fully saturated rings. The average Bonchev–Trinajstić information content (AvgIpc) is 2.38. The molecule has 108 valence electrons. The Hall–Kier alpha value is -0.610. The van der Waals surface area contributed by atoms with E-state index in [0.29, 0.717) is 13.0 Å². The van der Waals surface area contributed by atoms with E-state index in [2.05, 4.69) is 0 Å². The van der Waals surface area contributed by atoms with E-state index in [9.17, 15) is 4.79 Å². The fourth-order valence-electron chi connectivity index (χ4n) is 1.74. The smallest absolute Gasteiger partial charge is 0.305 e. The standard InChI is InChI=1S/C14H28O4/c15-11-7-3-1-2-6-10-14(17)18-13-9-5-4-8-12-16/h15-16H,1-13H2. The number of hydrogen-bond donors (Lipinski definition) is 2. The number of aliphatic hydroxyl groups is 2. The Morgan fingerprint density at radius 1 is 0.722 bits per heavy atom. The molecule has 0 aromatic carbocycles. The van der Waals surface area contributed by atoms with Crippen LogP contribution in [-0.2, 0) is 9.53 Å². The number of carbonyl (C=O) groups excluding carboxylic acids is 1. The predicted octanol–water partition coefficient (Wildman–Crippen LogP) is 2.42. The topological polar surface area (TPSA) is 66.8 Å². The van der Waals surface area contributed by atoms with Crippen molar-refractivity contribution in [3.63, 3.8) is 0 Å². The molecule has 0 saturated heterocycles. The van der Waals surface area contributed by atoms with E-state index in [0.717, 1.165) is 57.8 Å². The van der Waals surface area contributed by atoms with Crippen LogP contribution < -0.4 is 0 Å². The lowest BCUT2D eigenvalue weighted by Gasteiger charge is -2.04. The fraction of sp³-hybridized carbons (Fsp3) is 0.929. The summed E-state index contributed by atoms with van der Waals surface area (Å²) in [4.78, 5) is 11.3. The van der Waals surface area contributed by atoms with Crippen molar-refractivity contribution in [3.05, 3.63) is 0 Å². The lowest BCUT2D eigenvalue weighted by molar-refractivity contribution is -0.143. The van der Waals surface area contributed by atoms with Crippen LogP contribution in [0, 0.1) is 0 Å². The Kier molecular flexibility index (Phi) is 14.0. The molecule has 18 heavy (non-hydrogen) atoms. The third-order valence-electron chi connectivity index (χ3n) is 2.85. The van der Waals surface area contributed by atoms with Gasteiger partial charge in [-0.25, -0.2) is 0 Å². The largest absolute Gasteiger partial charge is 0.466 e. The molecular formula is C14H28O4.